The zero-order chi connectivity index (χ0) is 15.0. The Balaban J connectivity index is 0.000000461. The maximum atomic E-state index is 2.24. The molecule has 0 saturated carbocycles. The Morgan fingerprint density at radius 1 is 0.700 bits per heavy atom. The number of aryl methyl sites for hydroxylation is 1. The van der Waals surface area contributed by atoms with Crippen molar-refractivity contribution < 1.29 is 0 Å². The minimum atomic E-state index is 1.27. The highest BCUT2D eigenvalue weighted by Crippen LogP contribution is 2.26. The zero-order valence-corrected chi connectivity index (χ0v) is 13.2. The van der Waals surface area contributed by atoms with Gasteiger partial charge in [0.25, 0.3) is 0 Å². The summed E-state index contributed by atoms with van der Waals surface area (Å²) in [6.07, 6.45) is 0. The highest BCUT2D eigenvalue weighted by atomic mass is 14.9. The van der Waals surface area contributed by atoms with Crippen molar-refractivity contribution in [3.05, 3.63) is 60.7 Å². The monoisotopic (exact) mass is 267 g/mol. The molecule has 0 N–H and O–H groups in total. The van der Waals surface area contributed by atoms with Crippen LogP contribution in [0.15, 0.2) is 60.7 Å². The molecule has 0 aliphatic carbocycles. The molecule has 0 aliphatic rings. The van der Waals surface area contributed by atoms with Crippen LogP contribution in [0.2, 0.25) is 0 Å². The minimum absolute atomic E-state index is 1.27. The van der Waals surface area contributed by atoms with Crippen molar-refractivity contribution in [2.75, 3.05) is 0 Å². The SMILES string of the molecule is CC.CC.Cn1c(-c2ccccc2)cc2ccccc21. The molecule has 0 amide bonds. The molecule has 3 aromatic rings. The van der Waals surface area contributed by atoms with Gasteiger partial charge in [0.2, 0.25) is 0 Å². The summed E-state index contributed by atoms with van der Waals surface area (Å²) in [5, 5.41) is 1.30. The normalized spacial score (nSPS) is 9.25. The summed E-state index contributed by atoms with van der Waals surface area (Å²) < 4.78 is 2.24. The molecule has 1 heteroatoms. The van der Waals surface area contributed by atoms with Crippen LogP contribution in [-0.2, 0) is 7.05 Å². The average Bonchev–Trinajstić information content (AvgIpc) is 2.90. The van der Waals surface area contributed by atoms with E-state index in [1.165, 1.54) is 22.2 Å². The van der Waals surface area contributed by atoms with E-state index in [1.807, 2.05) is 33.8 Å². The molecule has 0 atom stereocenters. The fourth-order valence-electron chi connectivity index (χ4n) is 2.17. The second-order valence-corrected chi connectivity index (χ2v) is 4.01. The molecule has 2 aromatic carbocycles. The first kappa shape index (κ1) is 16.0. The lowest BCUT2D eigenvalue weighted by atomic mass is 10.1. The van der Waals surface area contributed by atoms with E-state index in [0.717, 1.165) is 0 Å². The number of aromatic nitrogens is 1. The molecule has 0 bridgehead atoms. The van der Waals surface area contributed by atoms with E-state index in [-0.39, 0.29) is 0 Å². The average molecular weight is 267 g/mol. The van der Waals surface area contributed by atoms with E-state index in [0.29, 0.717) is 0 Å². The first-order valence-corrected chi connectivity index (χ1v) is 7.46. The van der Waals surface area contributed by atoms with Gasteiger partial charge in [-0.3, -0.25) is 0 Å². The van der Waals surface area contributed by atoms with Gasteiger partial charge in [0, 0.05) is 23.6 Å². The van der Waals surface area contributed by atoms with Gasteiger partial charge < -0.3 is 4.57 Å². The number of rotatable bonds is 1. The highest BCUT2D eigenvalue weighted by molar-refractivity contribution is 5.86. The Kier molecular flexibility index (Phi) is 6.58. The lowest BCUT2D eigenvalue weighted by Gasteiger charge is -2.03. The molecule has 20 heavy (non-hydrogen) atoms. The van der Waals surface area contributed by atoms with Crippen molar-refractivity contribution in [3.63, 3.8) is 0 Å². The van der Waals surface area contributed by atoms with Crippen molar-refractivity contribution in [2.24, 2.45) is 7.05 Å². The van der Waals surface area contributed by atoms with E-state index in [9.17, 15) is 0 Å². The largest absolute Gasteiger partial charge is 0.344 e. The molecule has 0 aliphatic heterocycles. The maximum Gasteiger partial charge on any atom is 0.0488 e. The molecule has 0 spiro atoms. The van der Waals surface area contributed by atoms with Crippen LogP contribution in [0, 0.1) is 0 Å². The standard InChI is InChI=1S/C15H13N.2C2H6/c1-16-14-10-6-5-9-13(14)11-15(16)12-7-3-2-4-8-12;2*1-2/h2-11H,1H3;2*1-2H3. The topological polar surface area (TPSA) is 4.93 Å². The molecule has 0 saturated heterocycles. The fraction of sp³-hybridized carbons (Fsp3) is 0.263. The van der Waals surface area contributed by atoms with Gasteiger partial charge in [0.05, 0.1) is 0 Å². The van der Waals surface area contributed by atoms with Gasteiger partial charge in [-0.05, 0) is 17.7 Å². The minimum Gasteiger partial charge on any atom is -0.344 e. The fourth-order valence-corrected chi connectivity index (χ4v) is 2.17. The third-order valence-electron chi connectivity index (χ3n) is 3.02. The Morgan fingerprint density at radius 3 is 1.85 bits per heavy atom. The number of hydrogen-bond donors (Lipinski definition) is 0. The van der Waals surface area contributed by atoms with Crippen LogP contribution in [0.5, 0.6) is 0 Å². The van der Waals surface area contributed by atoms with Crippen LogP contribution in [0.25, 0.3) is 22.2 Å². The summed E-state index contributed by atoms with van der Waals surface area (Å²) in [6.45, 7) is 8.00. The zero-order valence-electron chi connectivity index (χ0n) is 13.2. The van der Waals surface area contributed by atoms with Crippen molar-refractivity contribution in [2.45, 2.75) is 27.7 Å². The van der Waals surface area contributed by atoms with Gasteiger partial charge in [-0.25, -0.2) is 0 Å². The van der Waals surface area contributed by atoms with Gasteiger partial charge in [0.1, 0.15) is 0 Å². The van der Waals surface area contributed by atoms with Gasteiger partial charge in [-0.1, -0.05) is 76.2 Å². The Bertz CT molecular complexity index is 621. The van der Waals surface area contributed by atoms with Crippen LogP contribution in [-0.4, -0.2) is 4.57 Å². The molecule has 1 nitrogen and oxygen atoms in total. The smallest absolute Gasteiger partial charge is 0.0488 e. The van der Waals surface area contributed by atoms with Crippen LogP contribution >= 0.6 is 0 Å². The lowest BCUT2D eigenvalue weighted by Crippen LogP contribution is -1.90. The van der Waals surface area contributed by atoms with Crippen molar-refractivity contribution in [1.29, 1.82) is 0 Å². The molecule has 0 fully saturated rings. The summed E-state index contributed by atoms with van der Waals surface area (Å²) >= 11 is 0. The van der Waals surface area contributed by atoms with Gasteiger partial charge >= 0.3 is 0 Å². The quantitative estimate of drug-likeness (QED) is 0.517. The van der Waals surface area contributed by atoms with Gasteiger partial charge in [0.15, 0.2) is 0 Å². The first-order chi connectivity index (χ1) is 9.86. The highest BCUT2D eigenvalue weighted by Gasteiger charge is 2.05. The van der Waals surface area contributed by atoms with Crippen LogP contribution < -0.4 is 0 Å². The number of benzene rings is 2. The summed E-state index contributed by atoms with van der Waals surface area (Å²) in [5.41, 5.74) is 3.81. The number of para-hydroxylation sites is 1. The molecule has 106 valence electrons. The molecular weight excluding hydrogens is 242 g/mol. The number of hydrogen-bond acceptors (Lipinski definition) is 0. The van der Waals surface area contributed by atoms with Crippen molar-refractivity contribution in [3.8, 4) is 11.3 Å². The summed E-state index contributed by atoms with van der Waals surface area (Å²) in [7, 11) is 2.12. The Hall–Kier alpha value is -2.02. The summed E-state index contributed by atoms with van der Waals surface area (Å²) in [4.78, 5) is 0. The van der Waals surface area contributed by atoms with Crippen LogP contribution in [0.1, 0.15) is 27.7 Å². The van der Waals surface area contributed by atoms with E-state index in [1.54, 1.807) is 0 Å². The van der Waals surface area contributed by atoms with E-state index >= 15 is 0 Å². The van der Waals surface area contributed by atoms with Crippen molar-refractivity contribution in [1.82, 2.24) is 4.57 Å². The molecule has 0 unspecified atom stereocenters. The first-order valence-electron chi connectivity index (χ1n) is 7.46. The van der Waals surface area contributed by atoms with Crippen LogP contribution in [0.3, 0.4) is 0 Å². The third kappa shape index (κ3) is 3.30. The summed E-state index contributed by atoms with van der Waals surface area (Å²) in [5.74, 6) is 0. The second kappa shape index (κ2) is 8.21. The Labute approximate surface area is 122 Å². The van der Waals surface area contributed by atoms with Gasteiger partial charge in [-0.2, -0.15) is 0 Å². The number of fused-ring (bicyclic) bond motifs is 1. The third-order valence-corrected chi connectivity index (χ3v) is 3.02. The van der Waals surface area contributed by atoms with E-state index in [4.69, 9.17) is 0 Å². The van der Waals surface area contributed by atoms with E-state index in [2.05, 4.69) is 66.2 Å². The maximum absolute atomic E-state index is 2.24. The second-order valence-electron chi connectivity index (χ2n) is 4.01. The lowest BCUT2D eigenvalue weighted by molar-refractivity contribution is 0.978. The molecule has 1 heterocycles. The molecule has 0 radical (unpaired) electrons. The molecular formula is C19H25N. The number of nitrogens with zero attached hydrogens (tertiary/aromatic N) is 1. The predicted molar refractivity (Wildman–Crippen MR) is 91.1 cm³/mol. The molecule has 3 rings (SSSR count). The Morgan fingerprint density at radius 2 is 1.25 bits per heavy atom. The molecule has 1 aromatic heterocycles. The van der Waals surface area contributed by atoms with Crippen LogP contribution in [0.4, 0.5) is 0 Å². The van der Waals surface area contributed by atoms with E-state index < -0.39 is 0 Å². The summed E-state index contributed by atoms with van der Waals surface area (Å²) in [6, 6.07) is 21.2. The van der Waals surface area contributed by atoms with Crippen molar-refractivity contribution >= 4 is 10.9 Å². The predicted octanol–water partition coefficient (Wildman–Crippen LogP) is 5.90. The van der Waals surface area contributed by atoms with Gasteiger partial charge in [-0.15, -0.1) is 0 Å².